The van der Waals surface area contributed by atoms with Crippen LogP contribution in [-0.4, -0.2) is 12.9 Å². The highest BCUT2D eigenvalue weighted by Gasteiger charge is 2.06. The number of methoxy groups -OCH3 is 1. The van der Waals surface area contributed by atoms with Gasteiger partial charge in [0.2, 0.25) is 0 Å². The van der Waals surface area contributed by atoms with E-state index in [-0.39, 0.29) is 0 Å². The summed E-state index contributed by atoms with van der Waals surface area (Å²) in [6.07, 6.45) is 1.17. The highest BCUT2D eigenvalue weighted by Crippen LogP contribution is 2.28. The zero-order chi connectivity index (χ0) is 12.0. The Morgan fingerprint density at radius 2 is 2.25 bits per heavy atom. The normalized spacial score (nSPS) is 11.9. The van der Waals surface area contributed by atoms with Crippen LogP contribution in [0.1, 0.15) is 25.8 Å². The number of hydrogen-bond donors (Lipinski definition) is 0. The summed E-state index contributed by atoms with van der Waals surface area (Å²) in [4.78, 5) is 1.02. The van der Waals surface area contributed by atoms with Gasteiger partial charge in [-0.1, -0.05) is 20.3 Å². The van der Waals surface area contributed by atoms with Crippen molar-refractivity contribution in [2.24, 2.45) is 5.92 Å². The molecule has 1 unspecified atom stereocenters. The number of rotatable bonds is 5. The van der Waals surface area contributed by atoms with Crippen LogP contribution in [0.2, 0.25) is 0 Å². The number of hydrogen-bond acceptors (Lipinski definition) is 3. The molecule has 0 saturated heterocycles. The molecule has 0 fully saturated rings. The van der Waals surface area contributed by atoms with Crippen LogP contribution in [0.15, 0.2) is 23.1 Å². The summed E-state index contributed by atoms with van der Waals surface area (Å²) in [5.41, 5.74) is 0.731. The molecule has 1 rings (SSSR count). The largest absolute Gasteiger partial charge is 0.497 e. The Labute approximate surface area is 102 Å². The van der Waals surface area contributed by atoms with E-state index in [0.717, 1.165) is 22.0 Å². The van der Waals surface area contributed by atoms with Gasteiger partial charge in [0.15, 0.2) is 0 Å². The Kier molecular flexibility index (Phi) is 5.21. The molecule has 0 bridgehead atoms. The molecule has 0 radical (unpaired) electrons. The summed E-state index contributed by atoms with van der Waals surface area (Å²) in [6.45, 7) is 4.40. The number of nitrogens with zero attached hydrogens (tertiary/aromatic N) is 1. The van der Waals surface area contributed by atoms with Crippen LogP contribution in [0.3, 0.4) is 0 Å². The molecule has 0 aliphatic heterocycles. The first-order chi connectivity index (χ1) is 7.71. The van der Waals surface area contributed by atoms with E-state index in [2.05, 4.69) is 19.9 Å². The average Bonchev–Trinajstić information content (AvgIpc) is 2.35. The van der Waals surface area contributed by atoms with E-state index in [9.17, 15) is 0 Å². The summed E-state index contributed by atoms with van der Waals surface area (Å²) in [5, 5.41) is 9.00. The van der Waals surface area contributed by atoms with Gasteiger partial charge in [-0.15, -0.1) is 11.8 Å². The molecule has 1 aromatic rings. The molecule has 3 heteroatoms. The fraction of sp³-hybridized carbons (Fsp3) is 0.462. The maximum Gasteiger partial charge on any atom is 0.120 e. The fourth-order valence-electron chi connectivity index (χ4n) is 1.19. The molecule has 0 aliphatic carbocycles. The lowest BCUT2D eigenvalue weighted by molar-refractivity contribution is 0.413. The summed E-state index contributed by atoms with van der Waals surface area (Å²) in [5.74, 6) is 2.52. The Morgan fingerprint density at radius 3 is 2.81 bits per heavy atom. The first-order valence-electron chi connectivity index (χ1n) is 5.42. The molecule has 1 aromatic carbocycles. The standard InChI is InChI=1S/C13H17NOS/c1-4-10(2)9-16-13-7-12(15-3)6-5-11(13)8-14/h5-7,10H,4,9H2,1-3H3. The zero-order valence-electron chi connectivity index (χ0n) is 9.99. The topological polar surface area (TPSA) is 33.0 Å². The molecule has 2 nitrogen and oxygen atoms in total. The summed E-state index contributed by atoms with van der Waals surface area (Å²) in [7, 11) is 1.64. The molecular formula is C13H17NOS. The van der Waals surface area contributed by atoms with Crippen molar-refractivity contribution in [2.75, 3.05) is 12.9 Å². The predicted molar refractivity (Wildman–Crippen MR) is 67.9 cm³/mol. The maximum atomic E-state index is 9.00. The maximum absolute atomic E-state index is 9.00. The van der Waals surface area contributed by atoms with Crippen LogP contribution in [0.4, 0.5) is 0 Å². The molecule has 16 heavy (non-hydrogen) atoms. The quantitative estimate of drug-likeness (QED) is 0.729. The molecule has 0 N–H and O–H groups in total. The molecule has 86 valence electrons. The van der Waals surface area contributed by atoms with E-state index < -0.39 is 0 Å². The smallest absolute Gasteiger partial charge is 0.120 e. The van der Waals surface area contributed by atoms with Gasteiger partial charge in [0.25, 0.3) is 0 Å². The van der Waals surface area contributed by atoms with Crippen LogP contribution < -0.4 is 4.74 Å². The molecule has 0 spiro atoms. The third-order valence-electron chi connectivity index (χ3n) is 2.53. The average molecular weight is 235 g/mol. The van der Waals surface area contributed by atoms with Crippen molar-refractivity contribution in [1.82, 2.24) is 0 Å². The van der Waals surface area contributed by atoms with Gasteiger partial charge in [0.05, 0.1) is 12.7 Å². The number of ether oxygens (including phenoxy) is 1. The van der Waals surface area contributed by atoms with E-state index in [1.807, 2.05) is 18.2 Å². The number of benzene rings is 1. The van der Waals surface area contributed by atoms with Crippen molar-refractivity contribution in [3.63, 3.8) is 0 Å². The van der Waals surface area contributed by atoms with Gasteiger partial charge in [-0.25, -0.2) is 0 Å². The van der Waals surface area contributed by atoms with E-state index in [1.54, 1.807) is 18.9 Å². The fourth-order valence-corrected chi connectivity index (χ4v) is 2.36. The molecular weight excluding hydrogens is 218 g/mol. The van der Waals surface area contributed by atoms with Crippen LogP contribution in [0.5, 0.6) is 5.75 Å². The first-order valence-corrected chi connectivity index (χ1v) is 6.40. The molecule has 1 atom stereocenters. The van der Waals surface area contributed by atoms with Crippen molar-refractivity contribution in [3.05, 3.63) is 23.8 Å². The van der Waals surface area contributed by atoms with Gasteiger partial charge >= 0.3 is 0 Å². The van der Waals surface area contributed by atoms with Gasteiger partial charge in [0.1, 0.15) is 11.8 Å². The van der Waals surface area contributed by atoms with E-state index in [1.165, 1.54) is 6.42 Å². The SMILES string of the molecule is CCC(C)CSc1cc(OC)ccc1C#N. The third kappa shape index (κ3) is 3.46. The van der Waals surface area contributed by atoms with Crippen molar-refractivity contribution in [1.29, 1.82) is 5.26 Å². The van der Waals surface area contributed by atoms with E-state index in [4.69, 9.17) is 10.00 Å². The van der Waals surface area contributed by atoms with Gasteiger partial charge in [0, 0.05) is 10.6 Å². The van der Waals surface area contributed by atoms with E-state index in [0.29, 0.717) is 5.92 Å². The van der Waals surface area contributed by atoms with Crippen LogP contribution >= 0.6 is 11.8 Å². The summed E-state index contributed by atoms with van der Waals surface area (Å²) >= 11 is 1.73. The Balaban J connectivity index is 2.80. The monoisotopic (exact) mass is 235 g/mol. The third-order valence-corrected chi connectivity index (χ3v) is 3.91. The second kappa shape index (κ2) is 6.44. The highest BCUT2D eigenvalue weighted by molar-refractivity contribution is 7.99. The predicted octanol–water partition coefficient (Wildman–Crippen LogP) is 3.71. The Morgan fingerprint density at radius 1 is 1.50 bits per heavy atom. The minimum atomic E-state index is 0.669. The molecule has 0 heterocycles. The summed E-state index contributed by atoms with van der Waals surface area (Å²) < 4.78 is 5.16. The van der Waals surface area contributed by atoms with Crippen molar-refractivity contribution in [2.45, 2.75) is 25.2 Å². The minimum absolute atomic E-state index is 0.669. The van der Waals surface area contributed by atoms with Gasteiger partial charge in [-0.05, 0) is 24.1 Å². The van der Waals surface area contributed by atoms with E-state index >= 15 is 0 Å². The lowest BCUT2D eigenvalue weighted by atomic mass is 10.2. The lowest BCUT2D eigenvalue weighted by Crippen LogP contribution is -1.96. The minimum Gasteiger partial charge on any atom is -0.497 e. The Hall–Kier alpha value is -1.14. The van der Waals surface area contributed by atoms with Gasteiger partial charge in [-0.2, -0.15) is 5.26 Å². The first kappa shape index (κ1) is 12.9. The number of nitriles is 1. The zero-order valence-corrected chi connectivity index (χ0v) is 10.8. The van der Waals surface area contributed by atoms with Crippen LogP contribution in [0, 0.1) is 17.2 Å². The molecule has 0 amide bonds. The van der Waals surface area contributed by atoms with Crippen molar-refractivity contribution >= 4 is 11.8 Å². The second-order valence-corrected chi connectivity index (χ2v) is 4.86. The number of thioether (sulfide) groups is 1. The second-order valence-electron chi connectivity index (χ2n) is 3.80. The Bertz CT molecular complexity index is 384. The molecule has 0 aliphatic rings. The molecule has 0 aromatic heterocycles. The van der Waals surface area contributed by atoms with Gasteiger partial charge < -0.3 is 4.74 Å². The van der Waals surface area contributed by atoms with Crippen LogP contribution in [0.25, 0.3) is 0 Å². The van der Waals surface area contributed by atoms with Crippen molar-refractivity contribution in [3.8, 4) is 11.8 Å². The van der Waals surface area contributed by atoms with Crippen molar-refractivity contribution < 1.29 is 4.74 Å². The van der Waals surface area contributed by atoms with Gasteiger partial charge in [-0.3, -0.25) is 0 Å². The summed E-state index contributed by atoms with van der Waals surface area (Å²) in [6, 6.07) is 7.79. The lowest BCUT2D eigenvalue weighted by Gasteiger charge is -2.10. The highest BCUT2D eigenvalue weighted by atomic mass is 32.2. The molecule has 0 saturated carbocycles. The van der Waals surface area contributed by atoms with Crippen LogP contribution in [-0.2, 0) is 0 Å².